The molecule has 5 nitrogen and oxygen atoms in total. The Bertz CT molecular complexity index is 411. The lowest BCUT2D eigenvalue weighted by molar-refractivity contribution is 0.0687. The molecule has 0 radical (unpaired) electrons. The number of aromatic hydroxyl groups is 2. The SMILES string of the molecule is CCCOc1c(C)cc(O)c(O)c1C(=O)O. The second-order valence-electron chi connectivity index (χ2n) is 3.42. The number of carboxylic acids is 1. The van der Waals surface area contributed by atoms with Gasteiger partial charge in [-0.1, -0.05) is 6.92 Å². The maximum Gasteiger partial charge on any atom is 0.343 e. The summed E-state index contributed by atoms with van der Waals surface area (Å²) in [6.07, 6.45) is 0.722. The number of aryl methyl sites for hydroxylation is 1. The molecule has 0 aliphatic rings. The number of carbonyl (C=O) groups is 1. The minimum Gasteiger partial charge on any atom is -0.504 e. The van der Waals surface area contributed by atoms with Gasteiger partial charge in [-0.2, -0.15) is 0 Å². The molecule has 0 bridgehead atoms. The summed E-state index contributed by atoms with van der Waals surface area (Å²) in [6.45, 7) is 3.85. The van der Waals surface area contributed by atoms with E-state index in [0.29, 0.717) is 12.2 Å². The molecule has 1 rings (SSSR count). The minimum absolute atomic E-state index is 0.102. The number of carboxylic acid groups (broad SMARTS) is 1. The van der Waals surface area contributed by atoms with Gasteiger partial charge in [0.05, 0.1) is 6.61 Å². The van der Waals surface area contributed by atoms with Crippen LogP contribution in [0.5, 0.6) is 17.2 Å². The molecule has 1 aromatic rings. The number of hydrogen-bond donors (Lipinski definition) is 3. The first-order valence-electron chi connectivity index (χ1n) is 4.90. The minimum atomic E-state index is -1.33. The molecule has 1 aromatic carbocycles. The van der Waals surface area contributed by atoms with Crippen molar-refractivity contribution in [3.05, 3.63) is 17.2 Å². The van der Waals surface area contributed by atoms with Gasteiger partial charge < -0.3 is 20.1 Å². The fourth-order valence-corrected chi connectivity index (χ4v) is 1.36. The second-order valence-corrected chi connectivity index (χ2v) is 3.42. The largest absolute Gasteiger partial charge is 0.504 e. The van der Waals surface area contributed by atoms with Crippen LogP contribution in [0.2, 0.25) is 0 Å². The smallest absolute Gasteiger partial charge is 0.343 e. The second kappa shape index (κ2) is 4.74. The molecule has 0 saturated heterocycles. The van der Waals surface area contributed by atoms with Crippen LogP contribution in [-0.2, 0) is 0 Å². The van der Waals surface area contributed by atoms with Crippen LogP contribution in [0.1, 0.15) is 29.3 Å². The van der Waals surface area contributed by atoms with Crippen LogP contribution in [-0.4, -0.2) is 27.9 Å². The van der Waals surface area contributed by atoms with Crippen molar-refractivity contribution in [1.82, 2.24) is 0 Å². The van der Waals surface area contributed by atoms with Crippen molar-refractivity contribution in [3.8, 4) is 17.2 Å². The van der Waals surface area contributed by atoms with E-state index >= 15 is 0 Å². The Hall–Kier alpha value is -1.91. The maximum atomic E-state index is 11.0. The van der Waals surface area contributed by atoms with Crippen molar-refractivity contribution in [3.63, 3.8) is 0 Å². The summed E-state index contributed by atoms with van der Waals surface area (Å²) in [5.41, 5.74) is 0.0760. The molecule has 0 atom stereocenters. The predicted molar refractivity (Wildman–Crippen MR) is 57.3 cm³/mol. The maximum absolute atomic E-state index is 11.0. The zero-order valence-electron chi connectivity index (χ0n) is 9.15. The van der Waals surface area contributed by atoms with E-state index in [1.807, 2.05) is 6.92 Å². The molecule has 0 aromatic heterocycles. The van der Waals surface area contributed by atoms with Gasteiger partial charge in [-0.15, -0.1) is 0 Å². The molecule has 0 spiro atoms. The van der Waals surface area contributed by atoms with Gasteiger partial charge in [-0.25, -0.2) is 4.79 Å². The third-order valence-electron chi connectivity index (χ3n) is 2.08. The number of phenols is 2. The van der Waals surface area contributed by atoms with E-state index < -0.39 is 23.0 Å². The molecule has 5 heteroatoms. The van der Waals surface area contributed by atoms with Gasteiger partial charge in [-0.05, 0) is 25.0 Å². The third-order valence-corrected chi connectivity index (χ3v) is 2.08. The first-order chi connectivity index (χ1) is 7.49. The Balaban J connectivity index is 3.32. The third kappa shape index (κ3) is 2.18. The first kappa shape index (κ1) is 12.2. The number of aromatic carboxylic acids is 1. The summed E-state index contributed by atoms with van der Waals surface area (Å²) in [6, 6.07) is 1.27. The van der Waals surface area contributed by atoms with Gasteiger partial charge >= 0.3 is 5.97 Å². The van der Waals surface area contributed by atoms with Crippen molar-refractivity contribution in [2.45, 2.75) is 20.3 Å². The van der Waals surface area contributed by atoms with Gasteiger partial charge in [0.1, 0.15) is 11.3 Å². The molecule has 3 N–H and O–H groups in total. The lowest BCUT2D eigenvalue weighted by Gasteiger charge is -2.13. The highest BCUT2D eigenvalue weighted by molar-refractivity contribution is 5.95. The molecule has 88 valence electrons. The van der Waals surface area contributed by atoms with E-state index in [4.69, 9.17) is 9.84 Å². The van der Waals surface area contributed by atoms with Gasteiger partial charge in [0.15, 0.2) is 11.5 Å². The molecule has 0 aliphatic carbocycles. The Labute approximate surface area is 92.9 Å². The van der Waals surface area contributed by atoms with E-state index in [1.165, 1.54) is 6.07 Å². The Morgan fingerprint density at radius 2 is 2.06 bits per heavy atom. The van der Waals surface area contributed by atoms with E-state index in [9.17, 15) is 15.0 Å². The fourth-order valence-electron chi connectivity index (χ4n) is 1.36. The van der Waals surface area contributed by atoms with Gasteiger partial charge in [0, 0.05) is 0 Å². The zero-order valence-corrected chi connectivity index (χ0v) is 9.15. The molecule has 0 heterocycles. The molecule has 16 heavy (non-hydrogen) atoms. The molecule has 0 fully saturated rings. The van der Waals surface area contributed by atoms with E-state index in [1.54, 1.807) is 6.92 Å². The highest BCUT2D eigenvalue weighted by Crippen LogP contribution is 2.38. The summed E-state index contributed by atoms with van der Waals surface area (Å²) < 4.78 is 5.26. The number of phenolic OH excluding ortho intramolecular Hbond substituents is 1. The number of hydrogen-bond acceptors (Lipinski definition) is 4. The summed E-state index contributed by atoms with van der Waals surface area (Å²) in [7, 11) is 0. The monoisotopic (exact) mass is 226 g/mol. The highest BCUT2D eigenvalue weighted by atomic mass is 16.5. The van der Waals surface area contributed by atoms with Gasteiger partial charge in [-0.3, -0.25) is 0 Å². The van der Waals surface area contributed by atoms with Crippen LogP contribution in [0, 0.1) is 6.92 Å². The van der Waals surface area contributed by atoms with Gasteiger partial charge in [0.2, 0.25) is 0 Å². The predicted octanol–water partition coefficient (Wildman–Crippen LogP) is 1.89. The van der Waals surface area contributed by atoms with Crippen molar-refractivity contribution >= 4 is 5.97 Å². The fraction of sp³-hybridized carbons (Fsp3) is 0.364. The molecule has 0 aliphatic heterocycles. The van der Waals surface area contributed by atoms with Crippen LogP contribution in [0.4, 0.5) is 0 Å². The Kier molecular flexibility index (Phi) is 3.60. The van der Waals surface area contributed by atoms with Crippen LogP contribution < -0.4 is 4.74 Å². The van der Waals surface area contributed by atoms with Gasteiger partial charge in [0.25, 0.3) is 0 Å². The lowest BCUT2D eigenvalue weighted by Crippen LogP contribution is -2.06. The number of ether oxygens (including phenoxy) is 1. The molecule has 0 amide bonds. The summed E-state index contributed by atoms with van der Waals surface area (Å²) in [5, 5.41) is 27.7. The summed E-state index contributed by atoms with van der Waals surface area (Å²) in [4.78, 5) is 11.0. The molecule has 0 unspecified atom stereocenters. The summed E-state index contributed by atoms with van der Waals surface area (Å²) >= 11 is 0. The molecular formula is C11H14O5. The van der Waals surface area contributed by atoms with Crippen LogP contribution in [0.15, 0.2) is 6.07 Å². The van der Waals surface area contributed by atoms with E-state index in [-0.39, 0.29) is 5.75 Å². The van der Waals surface area contributed by atoms with Crippen molar-refractivity contribution in [2.24, 2.45) is 0 Å². The summed E-state index contributed by atoms with van der Waals surface area (Å²) in [5.74, 6) is -2.35. The van der Waals surface area contributed by atoms with E-state index in [0.717, 1.165) is 6.42 Å². The van der Waals surface area contributed by atoms with Crippen molar-refractivity contribution in [2.75, 3.05) is 6.61 Å². The average Bonchev–Trinajstić information content (AvgIpc) is 2.20. The Morgan fingerprint density at radius 1 is 1.44 bits per heavy atom. The molecular weight excluding hydrogens is 212 g/mol. The lowest BCUT2D eigenvalue weighted by atomic mass is 10.1. The van der Waals surface area contributed by atoms with Crippen LogP contribution >= 0.6 is 0 Å². The topological polar surface area (TPSA) is 87.0 Å². The van der Waals surface area contributed by atoms with Crippen LogP contribution in [0.25, 0.3) is 0 Å². The Morgan fingerprint density at radius 3 is 2.56 bits per heavy atom. The average molecular weight is 226 g/mol. The standard InChI is InChI=1S/C11H14O5/c1-3-4-16-10-6(2)5-7(12)9(13)8(10)11(14)15/h5,12-13H,3-4H2,1-2H3,(H,14,15). The van der Waals surface area contributed by atoms with Crippen molar-refractivity contribution < 1.29 is 24.9 Å². The number of rotatable bonds is 4. The van der Waals surface area contributed by atoms with Crippen LogP contribution in [0.3, 0.4) is 0 Å². The highest BCUT2D eigenvalue weighted by Gasteiger charge is 2.22. The quantitative estimate of drug-likeness (QED) is 0.682. The first-order valence-corrected chi connectivity index (χ1v) is 4.90. The van der Waals surface area contributed by atoms with E-state index in [2.05, 4.69) is 0 Å². The molecule has 0 saturated carbocycles. The van der Waals surface area contributed by atoms with Crippen molar-refractivity contribution in [1.29, 1.82) is 0 Å². The normalized spacial score (nSPS) is 10.1. The zero-order chi connectivity index (χ0) is 12.3. The number of benzene rings is 1.